The van der Waals surface area contributed by atoms with Gasteiger partial charge in [-0.3, -0.25) is 10.1 Å². The van der Waals surface area contributed by atoms with Crippen LogP contribution >= 0.6 is 0 Å². The Labute approximate surface area is 94.4 Å². The number of rotatable bonds is 2. The van der Waals surface area contributed by atoms with E-state index >= 15 is 0 Å². The van der Waals surface area contributed by atoms with Crippen molar-refractivity contribution in [3.05, 3.63) is 51.7 Å². The van der Waals surface area contributed by atoms with Gasteiger partial charge in [-0.05, 0) is 12.1 Å². The molecule has 8 heteroatoms. The van der Waals surface area contributed by atoms with E-state index in [1.54, 1.807) is 18.2 Å². The minimum atomic E-state index is -0.889. The maximum Gasteiger partial charge on any atom is 0.561 e. The van der Waals surface area contributed by atoms with Crippen molar-refractivity contribution in [2.75, 3.05) is 0 Å². The Balaban J connectivity index is 2.49. The molecule has 0 bridgehead atoms. The summed E-state index contributed by atoms with van der Waals surface area (Å²) in [5, 5.41) is 13.8. The molecule has 0 spiro atoms. The first kappa shape index (κ1) is 10.7. The van der Waals surface area contributed by atoms with Crippen LogP contribution in [0, 0.1) is 10.1 Å². The molecule has 1 heterocycles. The molecule has 0 amide bonds. The first-order valence-corrected chi connectivity index (χ1v) is 4.49. The normalized spacial score (nSPS) is 10.1. The average Bonchev–Trinajstić information content (AvgIpc) is 2.71. The van der Waals surface area contributed by atoms with Crippen molar-refractivity contribution >= 4 is 17.6 Å². The number of carbonyl (C=O) groups is 1. The van der Waals surface area contributed by atoms with Gasteiger partial charge in [0, 0.05) is 0 Å². The second kappa shape index (κ2) is 4.00. The topological polar surface area (TPSA) is 114 Å². The van der Waals surface area contributed by atoms with Crippen LogP contribution in [0.5, 0.6) is 0 Å². The van der Waals surface area contributed by atoms with Gasteiger partial charge in [0.05, 0.1) is 10.2 Å². The Morgan fingerprint density at radius 2 is 2.06 bits per heavy atom. The first-order valence-electron chi connectivity index (χ1n) is 4.49. The van der Waals surface area contributed by atoms with E-state index in [9.17, 15) is 14.9 Å². The van der Waals surface area contributed by atoms with Crippen LogP contribution in [0.4, 0.5) is 11.7 Å². The van der Waals surface area contributed by atoms with E-state index in [0.717, 1.165) is 0 Å². The summed E-state index contributed by atoms with van der Waals surface area (Å²) < 4.78 is 4.77. The molecule has 0 aliphatic heterocycles. The molecule has 0 radical (unpaired) electrons. The lowest BCUT2D eigenvalue weighted by molar-refractivity contribution is -0.690. The number of nitro groups is 1. The zero-order valence-corrected chi connectivity index (χ0v) is 8.36. The number of nitrogens with one attached hydrogen (secondary N) is 1. The van der Waals surface area contributed by atoms with Gasteiger partial charge < -0.3 is 10.3 Å². The predicted molar refractivity (Wildman–Crippen MR) is 53.5 cm³/mol. The Morgan fingerprint density at radius 1 is 1.41 bits per heavy atom. The van der Waals surface area contributed by atoms with Gasteiger partial charge in [0.2, 0.25) is 11.2 Å². The molecule has 2 rings (SSSR count). The molecule has 86 valence electrons. The molecule has 1 aromatic heterocycles. The quantitative estimate of drug-likeness (QED) is 0.440. The highest BCUT2D eigenvalue weighted by molar-refractivity contribution is 5.87. The smallest absolute Gasteiger partial charge is 0.561 e. The van der Waals surface area contributed by atoms with Gasteiger partial charge in [-0.1, -0.05) is 18.2 Å². The summed E-state index contributed by atoms with van der Waals surface area (Å²) in [6.07, 6.45) is 0. The molecular formula is C9H6N4O4. The SMILES string of the molecule is [NH-]c1on[n+](C(=O)c2ccccc2)c1[N+](=O)[O-]. The highest BCUT2D eigenvalue weighted by atomic mass is 16.6. The lowest BCUT2D eigenvalue weighted by Gasteiger charge is -1.89. The first-order chi connectivity index (χ1) is 8.11. The number of nitrogens with zero attached hydrogens (tertiary/aromatic N) is 3. The minimum Gasteiger partial charge on any atom is -0.654 e. The molecule has 0 saturated carbocycles. The molecule has 0 atom stereocenters. The zero-order valence-electron chi connectivity index (χ0n) is 8.36. The number of hydrogen-bond donors (Lipinski definition) is 0. The summed E-state index contributed by atoms with van der Waals surface area (Å²) in [4.78, 5) is 21.6. The monoisotopic (exact) mass is 234 g/mol. The van der Waals surface area contributed by atoms with E-state index in [2.05, 4.69) is 9.79 Å². The van der Waals surface area contributed by atoms with Crippen molar-refractivity contribution in [1.29, 1.82) is 0 Å². The van der Waals surface area contributed by atoms with Gasteiger partial charge in [-0.2, -0.15) is 0 Å². The van der Waals surface area contributed by atoms with Crippen LogP contribution in [0.25, 0.3) is 5.73 Å². The van der Waals surface area contributed by atoms with E-state index in [0.29, 0.717) is 4.68 Å². The molecular weight excluding hydrogens is 228 g/mol. The second-order valence-corrected chi connectivity index (χ2v) is 3.07. The fourth-order valence-corrected chi connectivity index (χ4v) is 1.25. The van der Waals surface area contributed by atoms with Gasteiger partial charge in [0.15, 0.2) is 0 Å². The number of hydrogen-bond acceptors (Lipinski definition) is 5. The predicted octanol–water partition coefficient (Wildman–Crippen LogP) is 1.24. The van der Waals surface area contributed by atoms with Gasteiger partial charge in [-0.25, -0.2) is 4.79 Å². The molecule has 0 fully saturated rings. The summed E-state index contributed by atoms with van der Waals surface area (Å²) >= 11 is 0. The third kappa shape index (κ3) is 1.83. The van der Waals surface area contributed by atoms with E-state index in [4.69, 9.17) is 5.73 Å². The molecule has 17 heavy (non-hydrogen) atoms. The van der Waals surface area contributed by atoms with Crippen molar-refractivity contribution in [2.24, 2.45) is 0 Å². The van der Waals surface area contributed by atoms with Crippen molar-refractivity contribution < 1.29 is 18.9 Å². The molecule has 0 aliphatic carbocycles. The van der Waals surface area contributed by atoms with Crippen molar-refractivity contribution in [1.82, 2.24) is 5.27 Å². The molecule has 0 unspecified atom stereocenters. The van der Waals surface area contributed by atoms with Gasteiger partial charge in [0.25, 0.3) is 0 Å². The van der Waals surface area contributed by atoms with Crippen molar-refractivity contribution in [3.8, 4) is 0 Å². The zero-order chi connectivity index (χ0) is 12.4. The lowest BCUT2D eigenvalue weighted by atomic mass is 10.2. The summed E-state index contributed by atoms with van der Waals surface area (Å²) in [6, 6.07) is 7.89. The Bertz CT molecular complexity index is 578. The van der Waals surface area contributed by atoms with Gasteiger partial charge in [-0.15, -0.1) is 0 Å². The molecule has 1 N–H and O–H groups in total. The van der Waals surface area contributed by atoms with Crippen LogP contribution in [0.1, 0.15) is 10.4 Å². The van der Waals surface area contributed by atoms with Gasteiger partial charge >= 0.3 is 11.7 Å². The van der Waals surface area contributed by atoms with Crippen LogP contribution in [-0.4, -0.2) is 16.1 Å². The summed E-state index contributed by atoms with van der Waals surface area (Å²) in [7, 11) is 0. The van der Waals surface area contributed by atoms with E-state index in [1.807, 2.05) is 0 Å². The number of aromatic nitrogens is 2. The standard InChI is InChI=1S/C9H6N4O4/c10-7-8(13(15)16)12(11-17-7)9(14)6-4-2-1-3-5-6/h1-5H,(H-,10,11). The Morgan fingerprint density at radius 3 is 2.65 bits per heavy atom. The largest absolute Gasteiger partial charge is 0.654 e. The lowest BCUT2D eigenvalue weighted by Crippen LogP contribution is -2.46. The number of carbonyl (C=O) groups excluding carboxylic acids is 1. The molecule has 1 aromatic carbocycles. The van der Waals surface area contributed by atoms with Gasteiger partial charge in [0.1, 0.15) is 4.92 Å². The van der Waals surface area contributed by atoms with E-state index < -0.39 is 22.5 Å². The highest BCUT2D eigenvalue weighted by Crippen LogP contribution is 2.20. The second-order valence-electron chi connectivity index (χ2n) is 3.07. The number of benzene rings is 1. The van der Waals surface area contributed by atoms with E-state index in [1.165, 1.54) is 12.1 Å². The Kier molecular flexibility index (Phi) is 2.53. The molecule has 0 aliphatic rings. The molecule has 8 nitrogen and oxygen atoms in total. The van der Waals surface area contributed by atoms with Crippen LogP contribution in [0.15, 0.2) is 34.9 Å². The molecule has 0 saturated heterocycles. The summed E-state index contributed by atoms with van der Waals surface area (Å²) in [5.74, 6) is -2.28. The van der Waals surface area contributed by atoms with Crippen molar-refractivity contribution in [2.45, 2.75) is 0 Å². The van der Waals surface area contributed by atoms with Crippen LogP contribution < -0.4 is 4.68 Å². The van der Waals surface area contributed by atoms with Crippen LogP contribution in [0.3, 0.4) is 0 Å². The van der Waals surface area contributed by atoms with Crippen LogP contribution in [0.2, 0.25) is 0 Å². The molecule has 2 aromatic rings. The average molecular weight is 234 g/mol. The maximum atomic E-state index is 11.8. The van der Waals surface area contributed by atoms with Crippen LogP contribution in [-0.2, 0) is 0 Å². The fraction of sp³-hybridized carbons (Fsp3) is 0. The minimum absolute atomic E-state index is 0.217. The highest BCUT2D eigenvalue weighted by Gasteiger charge is 2.37. The third-order valence-electron chi connectivity index (χ3n) is 2.00. The van der Waals surface area contributed by atoms with Crippen molar-refractivity contribution in [3.63, 3.8) is 0 Å². The van der Waals surface area contributed by atoms with E-state index in [-0.39, 0.29) is 5.56 Å². The Hall–Kier alpha value is -2.77. The fourth-order valence-electron chi connectivity index (χ4n) is 1.25. The maximum absolute atomic E-state index is 11.8. The third-order valence-corrected chi connectivity index (χ3v) is 2.00. The summed E-state index contributed by atoms with van der Waals surface area (Å²) in [6.45, 7) is 0. The summed E-state index contributed by atoms with van der Waals surface area (Å²) in [5.41, 5.74) is 7.35.